The van der Waals surface area contributed by atoms with Gasteiger partial charge in [0.25, 0.3) is 11.8 Å². The first kappa shape index (κ1) is 21.2. The summed E-state index contributed by atoms with van der Waals surface area (Å²) >= 11 is 0. The highest BCUT2D eigenvalue weighted by Crippen LogP contribution is 2.41. The van der Waals surface area contributed by atoms with Crippen LogP contribution in [0.3, 0.4) is 0 Å². The lowest BCUT2D eigenvalue weighted by molar-refractivity contribution is 0.0926. The van der Waals surface area contributed by atoms with Crippen LogP contribution in [0.2, 0.25) is 0 Å². The number of methoxy groups -OCH3 is 2. The number of carbonyl (C=O) groups excluding carboxylic acids is 2. The van der Waals surface area contributed by atoms with Crippen LogP contribution in [-0.2, 0) is 17.9 Å². The van der Waals surface area contributed by atoms with Crippen LogP contribution < -0.4 is 9.64 Å². The molecule has 0 aliphatic carbocycles. The van der Waals surface area contributed by atoms with Crippen LogP contribution >= 0.6 is 0 Å². The third-order valence-electron chi connectivity index (χ3n) is 6.33. The number of nitrogens with zero attached hydrogens (tertiary/aromatic N) is 2. The van der Waals surface area contributed by atoms with Crippen LogP contribution in [0.1, 0.15) is 45.2 Å². The number of imide groups is 1. The molecule has 0 N–H and O–H groups in total. The van der Waals surface area contributed by atoms with E-state index in [4.69, 9.17) is 9.47 Å². The number of rotatable bonds is 6. The molecule has 2 heterocycles. The molecule has 0 saturated heterocycles. The Kier molecular flexibility index (Phi) is 5.17. The van der Waals surface area contributed by atoms with E-state index < -0.39 is 0 Å². The van der Waals surface area contributed by atoms with Gasteiger partial charge < -0.3 is 14.0 Å². The Bertz CT molecular complexity index is 1420. The summed E-state index contributed by atoms with van der Waals surface area (Å²) < 4.78 is 13.1. The average molecular weight is 443 g/mol. The fourth-order valence-electron chi connectivity index (χ4n) is 4.86. The fraction of sp³-hybridized carbons (Fsp3) is 0.259. The summed E-state index contributed by atoms with van der Waals surface area (Å²) in [5.74, 6) is 0.112. The average Bonchev–Trinajstić information content (AvgIpc) is 3.26. The number of hydrogen-bond acceptors (Lipinski definition) is 4. The zero-order chi connectivity index (χ0) is 23.3. The van der Waals surface area contributed by atoms with Gasteiger partial charge in [0.1, 0.15) is 12.5 Å². The van der Waals surface area contributed by atoms with Gasteiger partial charge in [0.15, 0.2) is 0 Å². The van der Waals surface area contributed by atoms with Crippen molar-refractivity contribution in [1.29, 1.82) is 0 Å². The predicted octanol–water partition coefficient (Wildman–Crippen LogP) is 5.47. The minimum absolute atomic E-state index is 0.284. The Hall–Kier alpha value is -3.64. The first-order valence-electron chi connectivity index (χ1n) is 11.1. The highest BCUT2D eigenvalue weighted by Gasteiger charge is 2.40. The second-order valence-corrected chi connectivity index (χ2v) is 8.44. The van der Waals surface area contributed by atoms with E-state index in [0.717, 1.165) is 45.8 Å². The molecule has 0 fully saturated rings. The van der Waals surface area contributed by atoms with E-state index in [0.29, 0.717) is 29.3 Å². The van der Waals surface area contributed by atoms with Crippen LogP contribution in [0.15, 0.2) is 48.5 Å². The Morgan fingerprint density at radius 1 is 0.939 bits per heavy atom. The molecule has 0 spiro atoms. The number of fused-ring (bicyclic) bond motifs is 5. The number of carbonyl (C=O) groups is 2. The number of benzene rings is 3. The molecule has 0 atom stereocenters. The van der Waals surface area contributed by atoms with Crippen molar-refractivity contribution >= 4 is 39.3 Å². The van der Waals surface area contributed by atoms with E-state index in [1.54, 1.807) is 14.2 Å². The van der Waals surface area contributed by atoms with Crippen molar-refractivity contribution < 1.29 is 19.1 Å². The molecule has 3 aromatic carbocycles. The van der Waals surface area contributed by atoms with Crippen LogP contribution in [0.4, 0.5) is 5.69 Å². The molecule has 2 amide bonds. The van der Waals surface area contributed by atoms with Gasteiger partial charge in [-0.05, 0) is 55.3 Å². The molecular formula is C27H26N2O4. The van der Waals surface area contributed by atoms with Gasteiger partial charge in [-0.25, -0.2) is 4.90 Å². The van der Waals surface area contributed by atoms with Gasteiger partial charge >= 0.3 is 0 Å². The molecule has 6 heteroatoms. The number of aromatic nitrogens is 1. The predicted molar refractivity (Wildman–Crippen MR) is 129 cm³/mol. The molecule has 0 saturated carbocycles. The van der Waals surface area contributed by atoms with Gasteiger partial charge in [0.2, 0.25) is 0 Å². The molecule has 0 unspecified atom stereocenters. The van der Waals surface area contributed by atoms with E-state index in [9.17, 15) is 9.59 Å². The van der Waals surface area contributed by atoms with Gasteiger partial charge in [-0.3, -0.25) is 9.59 Å². The van der Waals surface area contributed by atoms with Gasteiger partial charge in [0, 0.05) is 17.9 Å². The number of ether oxygens (including phenoxy) is 2. The number of anilines is 1. The monoisotopic (exact) mass is 442 g/mol. The maximum atomic E-state index is 13.8. The van der Waals surface area contributed by atoms with Gasteiger partial charge in [-0.1, -0.05) is 31.0 Å². The Balaban J connectivity index is 1.87. The third kappa shape index (κ3) is 3.13. The quantitative estimate of drug-likeness (QED) is 0.372. The first-order valence-corrected chi connectivity index (χ1v) is 11.1. The molecule has 1 aliphatic rings. The summed E-state index contributed by atoms with van der Waals surface area (Å²) in [4.78, 5) is 28.6. The number of hydrogen-bond donors (Lipinski definition) is 0. The van der Waals surface area contributed by atoms with Crippen molar-refractivity contribution in [2.24, 2.45) is 0 Å². The first-order chi connectivity index (χ1) is 16.0. The van der Waals surface area contributed by atoms with Crippen molar-refractivity contribution in [3.8, 4) is 5.75 Å². The molecule has 1 aliphatic heterocycles. The van der Waals surface area contributed by atoms with E-state index in [1.165, 1.54) is 4.90 Å². The van der Waals surface area contributed by atoms with E-state index in [2.05, 4.69) is 11.5 Å². The largest absolute Gasteiger partial charge is 0.497 e. The van der Waals surface area contributed by atoms with E-state index in [-0.39, 0.29) is 11.8 Å². The number of aryl methyl sites for hydroxylation is 2. The lowest BCUT2D eigenvalue weighted by atomic mass is 9.96. The van der Waals surface area contributed by atoms with Crippen molar-refractivity contribution in [2.75, 3.05) is 19.1 Å². The van der Waals surface area contributed by atoms with Crippen molar-refractivity contribution in [1.82, 2.24) is 4.57 Å². The van der Waals surface area contributed by atoms with Crippen LogP contribution in [-0.4, -0.2) is 30.6 Å². The second-order valence-electron chi connectivity index (χ2n) is 8.44. The molecule has 168 valence electrons. The van der Waals surface area contributed by atoms with Gasteiger partial charge in [-0.15, -0.1) is 0 Å². The standard InChI is InChI=1S/C27H26N2O4/c1-5-6-17-13-21-24(27(31)29(26(21)30)18-9-7-16(2)8-10-18)23-20-14-19(33-4)11-12-22(20)28(15-32-3)25(17)23/h7-14H,5-6,15H2,1-4H3. The Morgan fingerprint density at radius 2 is 1.70 bits per heavy atom. The van der Waals surface area contributed by atoms with Crippen LogP contribution in [0.5, 0.6) is 5.75 Å². The van der Waals surface area contributed by atoms with Gasteiger partial charge in [0.05, 0.1) is 35.0 Å². The van der Waals surface area contributed by atoms with E-state index in [1.807, 2.05) is 55.5 Å². The third-order valence-corrected chi connectivity index (χ3v) is 6.33. The maximum absolute atomic E-state index is 13.8. The summed E-state index contributed by atoms with van der Waals surface area (Å²) in [5.41, 5.74) is 5.46. The van der Waals surface area contributed by atoms with E-state index >= 15 is 0 Å². The van der Waals surface area contributed by atoms with Gasteiger partial charge in [-0.2, -0.15) is 0 Å². The zero-order valence-corrected chi connectivity index (χ0v) is 19.3. The molecule has 1 aromatic heterocycles. The summed E-state index contributed by atoms with van der Waals surface area (Å²) in [6.45, 7) is 4.42. The molecule has 33 heavy (non-hydrogen) atoms. The lowest BCUT2D eigenvalue weighted by Gasteiger charge is -2.13. The summed E-state index contributed by atoms with van der Waals surface area (Å²) in [7, 11) is 3.28. The van der Waals surface area contributed by atoms with Crippen LogP contribution in [0.25, 0.3) is 21.8 Å². The fourth-order valence-corrected chi connectivity index (χ4v) is 4.86. The molecule has 4 aromatic rings. The summed E-state index contributed by atoms with van der Waals surface area (Å²) in [6.07, 6.45) is 1.70. The lowest BCUT2D eigenvalue weighted by Crippen LogP contribution is -2.29. The highest BCUT2D eigenvalue weighted by molar-refractivity contribution is 6.39. The molecule has 6 nitrogen and oxygen atoms in total. The van der Waals surface area contributed by atoms with Crippen molar-refractivity contribution in [2.45, 2.75) is 33.4 Å². The molecular weight excluding hydrogens is 416 g/mol. The summed E-state index contributed by atoms with van der Waals surface area (Å²) in [5, 5.41) is 1.66. The normalized spacial score (nSPS) is 13.4. The van der Waals surface area contributed by atoms with Crippen molar-refractivity contribution in [3.63, 3.8) is 0 Å². The van der Waals surface area contributed by atoms with Crippen LogP contribution in [0, 0.1) is 6.92 Å². The van der Waals surface area contributed by atoms with Crippen molar-refractivity contribution in [3.05, 3.63) is 70.8 Å². The SMILES string of the molecule is CCCc1cc2c(c3c4cc(OC)ccc4n(COC)c13)C(=O)N(c1ccc(C)cc1)C2=O. The minimum Gasteiger partial charge on any atom is -0.497 e. The smallest absolute Gasteiger partial charge is 0.266 e. The molecule has 0 radical (unpaired) electrons. The number of amides is 2. The Morgan fingerprint density at radius 3 is 2.36 bits per heavy atom. The zero-order valence-electron chi connectivity index (χ0n) is 19.3. The second kappa shape index (κ2) is 8.05. The minimum atomic E-state index is -0.300. The Labute approximate surface area is 192 Å². The molecule has 5 rings (SSSR count). The summed E-state index contributed by atoms with van der Waals surface area (Å²) in [6, 6.07) is 15.2. The maximum Gasteiger partial charge on any atom is 0.266 e. The molecule has 0 bridgehead atoms. The highest BCUT2D eigenvalue weighted by atomic mass is 16.5. The topological polar surface area (TPSA) is 60.8 Å².